The van der Waals surface area contributed by atoms with Crippen LogP contribution in [0.25, 0.3) is 10.8 Å². The Balaban J connectivity index is 1.53. The van der Waals surface area contributed by atoms with Crippen LogP contribution >= 0.6 is 0 Å². The van der Waals surface area contributed by atoms with Crippen LogP contribution in [0, 0.1) is 6.92 Å². The van der Waals surface area contributed by atoms with Crippen LogP contribution in [0.15, 0.2) is 66.7 Å². The van der Waals surface area contributed by atoms with E-state index in [4.69, 9.17) is 0 Å². The molecule has 5 nitrogen and oxygen atoms in total. The van der Waals surface area contributed by atoms with Gasteiger partial charge >= 0.3 is 11.8 Å². The monoisotopic (exact) mass is 362 g/mol. The van der Waals surface area contributed by atoms with Crippen molar-refractivity contribution in [2.45, 2.75) is 19.4 Å². The van der Waals surface area contributed by atoms with Crippen LogP contribution in [0.4, 0.5) is 5.69 Å². The number of nitrogens with one attached hydrogen (secondary N) is 2. The fourth-order valence-electron chi connectivity index (χ4n) is 2.92. The maximum Gasteiger partial charge on any atom is 0.313 e. The van der Waals surface area contributed by atoms with Crippen molar-refractivity contribution >= 4 is 28.3 Å². The standard InChI is InChI=1S/C22H22N2O3/c1-15-9-11-17(12-10-15)24-22(27)21(26)23-14-13-20(25)19-8-4-6-16-5-2-3-7-18(16)19/h2-12,20,25H,13-14H2,1H3,(H,23,26)(H,24,27). The number of amides is 2. The van der Waals surface area contributed by atoms with Gasteiger partial charge in [-0.15, -0.1) is 0 Å². The van der Waals surface area contributed by atoms with Gasteiger partial charge in [-0.25, -0.2) is 0 Å². The summed E-state index contributed by atoms with van der Waals surface area (Å²) in [4.78, 5) is 23.9. The van der Waals surface area contributed by atoms with Crippen LogP contribution in [-0.4, -0.2) is 23.5 Å². The number of carbonyl (C=O) groups is 2. The minimum Gasteiger partial charge on any atom is -0.388 e. The number of aliphatic hydroxyl groups excluding tert-OH is 1. The van der Waals surface area contributed by atoms with Gasteiger partial charge in [0.2, 0.25) is 0 Å². The van der Waals surface area contributed by atoms with Gasteiger partial charge in [-0.3, -0.25) is 9.59 Å². The van der Waals surface area contributed by atoms with Crippen molar-refractivity contribution in [1.82, 2.24) is 5.32 Å². The van der Waals surface area contributed by atoms with Gasteiger partial charge in [0.15, 0.2) is 0 Å². The molecule has 0 spiro atoms. The van der Waals surface area contributed by atoms with E-state index in [-0.39, 0.29) is 6.54 Å². The summed E-state index contributed by atoms with van der Waals surface area (Å²) in [5.41, 5.74) is 2.45. The maximum absolute atomic E-state index is 11.9. The van der Waals surface area contributed by atoms with E-state index < -0.39 is 17.9 Å². The second kappa shape index (κ2) is 8.47. The van der Waals surface area contributed by atoms with Crippen molar-refractivity contribution in [3.05, 3.63) is 77.9 Å². The normalized spacial score (nSPS) is 11.8. The molecule has 0 aromatic heterocycles. The third-order valence-electron chi connectivity index (χ3n) is 4.40. The predicted octanol–water partition coefficient (Wildman–Crippen LogP) is 3.33. The highest BCUT2D eigenvalue weighted by Gasteiger charge is 2.15. The smallest absolute Gasteiger partial charge is 0.313 e. The van der Waals surface area contributed by atoms with Crippen LogP contribution in [0.5, 0.6) is 0 Å². The summed E-state index contributed by atoms with van der Waals surface area (Å²) >= 11 is 0. The molecule has 0 aliphatic carbocycles. The molecule has 1 atom stereocenters. The van der Waals surface area contributed by atoms with E-state index in [1.165, 1.54) is 0 Å². The highest BCUT2D eigenvalue weighted by molar-refractivity contribution is 6.39. The number of hydrogen-bond donors (Lipinski definition) is 3. The molecule has 3 aromatic carbocycles. The minimum atomic E-state index is -0.725. The van der Waals surface area contributed by atoms with Gasteiger partial charge in [-0.05, 0) is 41.8 Å². The number of benzene rings is 3. The van der Waals surface area contributed by atoms with Crippen LogP contribution in [0.3, 0.4) is 0 Å². The molecule has 0 heterocycles. The van der Waals surface area contributed by atoms with E-state index in [0.717, 1.165) is 21.9 Å². The topological polar surface area (TPSA) is 78.4 Å². The van der Waals surface area contributed by atoms with Gasteiger partial charge in [-0.2, -0.15) is 0 Å². The summed E-state index contributed by atoms with van der Waals surface area (Å²) in [6.45, 7) is 2.14. The quantitative estimate of drug-likeness (QED) is 0.609. The van der Waals surface area contributed by atoms with Gasteiger partial charge in [0.05, 0.1) is 6.10 Å². The maximum atomic E-state index is 11.9. The molecule has 5 heteroatoms. The van der Waals surface area contributed by atoms with Crippen molar-refractivity contribution in [1.29, 1.82) is 0 Å². The Hall–Kier alpha value is -3.18. The Bertz CT molecular complexity index is 946. The largest absolute Gasteiger partial charge is 0.388 e. The molecule has 3 rings (SSSR count). The van der Waals surface area contributed by atoms with Crippen LogP contribution in [-0.2, 0) is 9.59 Å². The van der Waals surface area contributed by atoms with Gasteiger partial charge in [0.25, 0.3) is 0 Å². The Morgan fingerprint density at radius 1 is 0.926 bits per heavy atom. The lowest BCUT2D eigenvalue weighted by molar-refractivity contribution is -0.136. The molecule has 2 amide bonds. The van der Waals surface area contributed by atoms with Crippen molar-refractivity contribution < 1.29 is 14.7 Å². The van der Waals surface area contributed by atoms with Gasteiger partial charge in [0.1, 0.15) is 0 Å². The van der Waals surface area contributed by atoms with Crippen molar-refractivity contribution in [2.24, 2.45) is 0 Å². The first-order valence-electron chi connectivity index (χ1n) is 8.86. The van der Waals surface area contributed by atoms with Crippen LogP contribution in [0.1, 0.15) is 23.7 Å². The number of rotatable bonds is 5. The average Bonchev–Trinajstić information content (AvgIpc) is 2.69. The molecule has 3 aromatic rings. The number of fused-ring (bicyclic) bond motifs is 1. The molecular formula is C22H22N2O3. The van der Waals surface area contributed by atoms with E-state index >= 15 is 0 Å². The second-order valence-corrected chi connectivity index (χ2v) is 6.45. The molecule has 0 aliphatic rings. The summed E-state index contributed by atoms with van der Waals surface area (Å²) in [6, 6.07) is 20.8. The zero-order valence-corrected chi connectivity index (χ0v) is 15.1. The van der Waals surface area contributed by atoms with Crippen molar-refractivity contribution in [2.75, 3.05) is 11.9 Å². The number of aryl methyl sites for hydroxylation is 1. The summed E-state index contributed by atoms with van der Waals surface area (Å²) in [5.74, 6) is -1.45. The molecular weight excluding hydrogens is 340 g/mol. The highest BCUT2D eigenvalue weighted by Crippen LogP contribution is 2.25. The number of aliphatic hydroxyl groups is 1. The summed E-state index contributed by atoms with van der Waals surface area (Å²) in [5, 5.41) is 17.6. The molecule has 0 saturated heterocycles. The lowest BCUT2D eigenvalue weighted by Crippen LogP contribution is -2.36. The Morgan fingerprint density at radius 2 is 1.63 bits per heavy atom. The Morgan fingerprint density at radius 3 is 2.41 bits per heavy atom. The Labute approximate surface area is 158 Å². The SMILES string of the molecule is Cc1ccc(NC(=O)C(=O)NCCC(O)c2cccc3ccccc23)cc1. The highest BCUT2D eigenvalue weighted by atomic mass is 16.3. The zero-order chi connectivity index (χ0) is 19.2. The molecule has 0 aliphatic heterocycles. The summed E-state index contributed by atoms with van der Waals surface area (Å²) < 4.78 is 0. The van der Waals surface area contributed by atoms with Crippen molar-refractivity contribution in [3.8, 4) is 0 Å². The third-order valence-corrected chi connectivity index (χ3v) is 4.40. The van der Waals surface area contributed by atoms with Gasteiger partial charge in [-0.1, -0.05) is 60.2 Å². The van der Waals surface area contributed by atoms with Gasteiger partial charge < -0.3 is 15.7 Å². The van der Waals surface area contributed by atoms with E-state index in [9.17, 15) is 14.7 Å². The van der Waals surface area contributed by atoms with Crippen LogP contribution < -0.4 is 10.6 Å². The average molecular weight is 362 g/mol. The third kappa shape index (κ3) is 4.71. The van der Waals surface area contributed by atoms with E-state index in [2.05, 4.69) is 10.6 Å². The summed E-state index contributed by atoms with van der Waals surface area (Å²) in [6.07, 6.45) is -0.408. The molecule has 0 fully saturated rings. The van der Waals surface area contributed by atoms with Gasteiger partial charge in [0, 0.05) is 12.2 Å². The molecule has 0 radical (unpaired) electrons. The summed E-state index contributed by atoms with van der Waals surface area (Å²) in [7, 11) is 0. The molecule has 138 valence electrons. The number of hydrogen-bond acceptors (Lipinski definition) is 3. The fraction of sp³-hybridized carbons (Fsp3) is 0.182. The first-order valence-corrected chi connectivity index (χ1v) is 8.86. The molecule has 3 N–H and O–H groups in total. The molecule has 0 bridgehead atoms. The fourth-order valence-corrected chi connectivity index (χ4v) is 2.92. The molecule has 1 unspecified atom stereocenters. The van der Waals surface area contributed by atoms with Crippen molar-refractivity contribution in [3.63, 3.8) is 0 Å². The van der Waals surface area contributed by atoms with E-state index in [0.29, 0.717) is 12.1 Å². The van der Waals surface area contributed by atoms with E-state index in [1.54, 1.807) is 12.1 Å². The second-order valence-electron chi connectivity index (χ2n) is 6.45. The first-order chi connectivity index (χ1) is 13.0. The minimum absolute atomic E-state index is 0.199. The molecule has 0 saturated carbocycles. The first kappa shape index (κ1) is 18.6. The molecule has 27 heavy (non-hydrogen) atoms. The zero-order valence-electron chi connectivity index (χ0n) is 15.1. The Kier molecular flexibility index (Phi) is 5.84. The lowest BCUT2D eigenvalue weighted by atomic mass is 9.99. The van der Waals surface area contributed by atoms with E-state index in [1.807, 2.05) is 61.5 Å². The predicted molar refractivity (Wildman–Crippen MR) is 106 cm³/mol. The lowest BCUT2D eigenvalue weighted by Gasteiger charge is -2.14. The van der Waals surface area contributed by atoms with Crippen LogP contribution in [0.2, 0.25) is 0 Å². The number of carbonyl (C=O) groups excluding carboxylic acids is 2. The number of anilines is 1.